The van der Waals surface area contributed by atoms with E-state index < -0.39 is 0 Å². The fraction of sp³-hybridized carbons (Fsp3) is 0.467. The summed E-state index contributed by atoms with van der Waals surface area (Å²) in [5.74, 6) is 3.61. The minimum atomic E-state index is 0.0220. The van der Waals surface area contributed by atoms with Gasteiger partial charge in [0.25, 0.3) is 0 Å². The van der Waals surface area contributed by atoms with Crippen LogP contribution >= 0.6 is 0 Å². The maximum atomic E-state index is 5.84. The lowest BCUT2D eigenvalue weighted by Crippen LogP contribution is -2.36. The Morgan fingerprint density at radius 3 is 2.72 bits per heavy atom. The molecule has 0 bridgehead atoms. The van der Waals surface area contributed by atoms with E-state index in [-0.39, 0.29) is 12.1 Å². The maximum absolute atomic E-state index is 5.84. The van der Waals surface area contributed by atoms with Gasteiger partial charge in [0, 0.05) is 18.2 Å². The van der Waals surface area contributed by atoms with E-state index in [9.17, 15) is 0 Å². The Bertz CT molecular complexity index is 398. The van der Waals surface area contributed by atoms with E-state index in [1.807, 2.05) is 24.3 Å². The van der Waals surface area contributed by atoms with Gasteiger partial charge in [0.05, 0.1) is 13.2 Å². The van der Waals surface area contributed by atoms with Crippen molar-refractivity contribution >= 4 is 0 Å². The molecule has 2 atom stereocenters. The van der Waals surface area contributed by atoms with Crippen LogP contribution in [0.1, 0.15) is 31.4 Å². The van der Waals surface area contributed by atoms with Gasteiger partial charge < -0.3 is 10.5 Å². The van der Waals surface area contributed by atoms with E-state index >= 15 is 0 Å². The molecule has 0 aliphatic heterocycles. The molecule has 0 heterocycles. The number of terminal acetylenes is 1. The summed E-state index contributed by atoms with van der Waals surface area (Å²) in [6, 6.07) is 7.95. The molecule has 0 aliphatic carbocycles. The minimum Gasteiger partial charge on any atom is -0.496 e. The SMILES string of the molecule is C#CC(CCC)NC(CN)c1ccccc1OC. The number of rotatable bonds is 7. The first-order chi connectivity index (χ1) is 8.76. The van der Waals surface area contributed by atoms with Gasteiger partial charge >= 0.3 is 0 Å². The maximum Gasteiger partial charge on any atom is 0.123 e. The molecule has 98 valence electrons. The Kier molecular flexibility index (Phi) is 6.27. The van der Waals surface area contributed by atoms with E-state index in [1.165, 1.54) is 0 Å². The molecule has 0 saturated carbocycles. The predicted octanol–water partition coefficient (Wildman–Crippen LogP) is 2.09. The molecule has 0 fully saturated rings. The van der Waals surface area contributed by atoms with Crippen LogP contribution in [-0.2, 0) is 0 Å². The van der Waals surface area contributed by atoms with Gasteiger partial charge in [0.2, 0.25) is 0 Å². The van der Waals surface area contributed by atoms with Crippen molar-refractivity contribution < 1.29 is 4.74 Å². The van der Waals surface area contributed by atoms with Crippen molar-refractivity contribution in [1.82, 2.24) is 5.32 Å². The third-order valence-electron chi connectivity index (χ3n) is 2.93. The van der Waals surface area contributed by atoms with Gasteiger partial charge in [-0.3, -0.25) is 5.32 Å². The molecule has 3 N–H and O–H groups in total. The van der Waals surface area contributed by atoms with E-state index in [1.54, 1.807) is 7.11 Å². The lowest BCUT2D eigenvalue weighted by Gasteiger charge is -2.23. The Labute approximate surface area is 110 Å². The highest BCUT2D eigenvalue weighted by Crippen LogP contribution is 2.24. The van der Waals surface area contributed by atoms with Gasteiger partial charge in [0.1, 0.15) is 5.75 Å². The predicted molar refractivity (Wildman–Crippen MR) is 75.5 cm³/mol. The summed E-state index contributed by atoms with van der Waals surface area (Å²) in [4.78, 5) is 0. The topological polar surface area (TPSA) is 47.3 Å². The van der Waals surface area contributed by atoms with Crippen molar-refractivity contribution in [2.45, 2.75) is 31.8 Å². The Morgan fingerprint density at radius 2 is 2.17 bits per heavy atom. The molecule has 2 unspecified atom stereocenters. The second-order valence-corrected chi connectivity index (χ2v) is 4.20. The zero-order valence-corrected chi connectivity index (χ0v) is 11.1. The molecule has 0 aliphatic rings. The number of para-hydroxylation sites is 1. The zero-order chi connectivity index (χ0) is 13.4. The zero-order valence-electron chi connectivity index (χ0n) is 11.1. The van der Waals surface area contributed by atoms with Crippen LogP contribution in [0.25, 0.3) is 0 Å². The summed E-state index contributed by atoms with van der Waals surface area (Å²) in [5, 5.41) is 3.40. The molecule has 0 saturated heterocycles. The van der Waals surface area contributed by atoms with E-state index in [2.05, 4.69) is 18.2 Å². The number of hydrogen-bond donors (Lipinski definition) is 2. The fourth-order valence-corrected chi connectivity index (χ4v) is 1.99. The summed E-state index contributed by atoms with van der Waals surface area (Å²) in [6.45, 7) is 2.61. The number of nitrogens with two attached hydrogens (primary N) is 1. The summed E-state index contributed by atoms with van der Waals surface area (Å²) in [5.41, 5.74) is 6.90. The first kappa shape index (κ1) is 14.6. The van der Waals surface area contributed by atoms with Crippen LogP contribution < -0.4 is 15.8 Å². The summed E-state index contributed by atoms with van der Waals surface area (Å²) < 4.78 is 5.36. The van der Waals surface area contributed by atoms with Gasteiger partial charge in [-0.1, -0.05) is 37.5 Å². The summed E-state index contributed by atoms with van der Waals surface area (Å²) in [7, 11) is 1.66. The monoisotopic (exact) mass is 246 g/mol. The van der Waals surface area contributed by atoms with Crippen molar-refractivity contribution in [3.8, 4) is 18.1 Å². The highest BCUT2D eigenvalue weighted by Gasteiger charge is 2.16. The molecule has 0 spiro atoms. The Balaban J connectivity index is 2.85. The number of methoxy groups -OCH3 is 1. The molecule has 1 aromatic carbocycles. The van der Waals surface area contributed by atoms with Crippen LogP contribution in [-0.4, -0.2) is 19.7 Å². The third kappa shape index (κ3) is 3.76. The van der Waals surface area contributed by atoms with Gasteiger partial charge in [-0.25, -0.2) is 0 Å². The molecule has 3 nitrogen and oxygen atoms in total. The third-order valence-corrected chi connectivity index (χ3v) is 2.93. The van der Waals surface area contributed by atoms with E-state index in [0.29, 0.717) is 6.54 Å². The highest BCUT2D eigenvalue weighted by atomic mass is 16.5. The van der Waals surface area contributed by atoms with Crippen molar-refractivity contribution in [2.75, 3.05) is 13.7 Å². The number of nitrogens with one attached hydrogen (secondary N) is 1. The van der Waals surface area contributed by atoms with Crippen LogP contribution in [0.4, 0.5) is 0 Å². The van der Waals surface area contributed by atoms with Gasteiger partial charge in [-0.15, -0.1) is 6.42 Å². The largest absolute Gasteiger partial charge is 0.496 e. The first-order valence-electron chi connectivity index (χ1n) is 6.31. The normalized spacial score (nSPS) is 13.7. The van der Waals surface area contributed by atoms with Crippen LogP contribution in [0.15, 0.2) is 24.3 Å². The van der Waals surface area contributed by atoms with Crippen LogP contribution in [0, 0.1) is 12.3 Å². The van der Waals surface area contributed by atoms with Crippen molar-refractivity contribution in [3.63, 3.8) is 0 Å². The molecule has 1 aromatic rings. The fourth-order valence-electron chi connectivity index (χ4n) is 1.99. The second-order valence-electron chi connectivity index (χ2n) is 4.20. The van der Waals surface area contributed by atoms with E-state index in [0.717, 1.165) is 24.2 Å². The summed E-state index contributed by atoms with van der Waals surface area (Å²) in [6.07, 6.45) is 7.52. The van der Waals surface area contributed by atoms with Crippen LogP contribution in [0.5, 0.6) is 5.75 Å². The standard InChI is InChI=1S/C15H22N2O/c1-4-8-12(5-2)17-14(11-16)13-9-6-7-10-15(13)18-3/h2,6-7,9-10,12,14,17H,4,8,11,16H2,1,3H3. The van der Waals surface area contributed by atoms with Gasteiger partial charge in [-0.05, 0) is 12.5 Å². The van der Waals surface area contributed by atoms with Crippen LogP contribution in [0.3, 0.4) is 0 Å². The highest BCUT2D eigenvalue weighted by molar-refractivity contribution is 5.36. The number of hydrogen-bond acceptors (Lipinski definition) is 3. The lowest BCUT2D eigenvalue weighted by atomic mass is 10.0. The summed E-state index contributed by atoms with van der Waals surface area (Å²) >= 11 is 0. The molecule has 0 amide bonds. The van der Waals surface area contributed by atoms with Crippen molar-refractivity contribution in [2.24, 2.45) is 5.73 Å². The molecule has 18 heavy (non-hydrogen) atoms. The van der Waals surface area contributed by atoms with Crippen molar-refractivity contribution in [1.29, 1.82) is 0 Å². The molecular weight excluding hydrogens is 224 g/mol. The minimum absolute atomic E-state index is 0.0220. The molecule has 1 rings (SSSR count). The Hall–Kier alpha value is -1.50. The van der Waals surface area contributed by atoms with Gasteiger partial charge in [-0.2, -0.15) is 0 Å². The smallest absolute Gasteiger partial charge is 0.123 e. The average molecular weight is 246 g/mol. The molecular formula is C15H22N2O. The van der Waals surface area contributed by atoms with E-state index in [4.69, 9.17) is 16.9 Å². The van der Waals surface area contributed by atoms with Crippen molar-refractivity contribution in [3.05, 3.63) is 29.8 Å². The number of benzene rings is 1. The average Bonchev–Trinajstić information content (AvgIpc) is 2.43. The van der Waals surface area contributed by atoms with Crippen LogP contribution in [0.2, 0.25) is 0 Å². The number of ether oxygens (including phenoxy) is 1. The van der Waals surface area contributed by atoms with Gasteiger partial charge in [0.15, 0.2) is 0 Å². The molecule has 3 heteroatoms. The lowest BCUT2D eigenvalue weighted by molar-refractivity contribution is 0.394. The quantitative estimate of drug-likeness (QED) is 0.724. The molecule has 0 aromatic heterocycles. The molecule has 0 radical (unpaired) electrons. The first-order valence-corrected chi connectivity index (χ1v) is 6.31. The second kappa shape index (κ2) is 7.75. The Morgan fingerprint density at radius 1 is 1.44 bits per heavy atom.